The molecule has 1 aliphatic rings. The van der Waals surface area contributed by atoms with Crippen LogP contribution in [0.1, 0.15) is 23.0 Å². The van der Waals surface area contributed by atoms with Gasteiger partial charge in [-0.15, -0.1) is 0 Å². The van der Waals surface area contributed by atoms with E-state index in [1.807, 2.05) is 30.2 Å². The monoisotopic (exact) mass is 284 g/mol. The fraction of sp³-hybridized carbons (Fsp3) is 0.375. The van der Waals surface area contributed by atoms with E-state index < -0.39 is 0 Å². The van der Waals surface area contributed by atoms with Crippen molar-refractivity contribution in [3.05, 3.63) is 53.6 Å². The van der Waals surface area contributed by atoms with Gasteiger partial charge in [0.05, 0.1) is 6.04 Å². The van der Waals surface area contributed by atoms with E-state index in [0.717, 1.165) is 24.5 Å². The highest BCUT2D eigenvalue weighted by Crippen LogP contribution is 2.22. The predicted molar refractivity (Wildman–Crippen MR) is 81.0 cm³/mol. The molecule has 2 amide bonds. The minimum atomic E-state index is 0.00425. The maximum atomic E-state index is 12.1. The number of nitrogens with one attached hydrogen (secondary N) is 1. The first-order chi connectivity index (χ1) is 10.1. The smallest absolute Gasteiger partial charge is 0.317 e. The first-order valence-corrected chi connectivity index (χ1v) is 7.21. The summed E-state index contributed by atoms with van der Waals surface area (Å²) in [6, 6.07) is 8.57. The van der Waals surface area contributed by atoms with Gasteiger partial charge >= 0.3 is 6.03 Å². The molecule has 1 aromatic carbocycles. The molecular weight excluding hydrogens is 264 g/mol. The molecule has 3 rings (SSSR count). The average molecular weight is 284 g/mol. The van der Waals surface area contributed by atoms with Crippen LogP contribution in [0.4, 0.5) is 4.79 Å². The minimum absolute atomic E-state index is 0.00425. The quantitative estimate of drug-likeness (QED) is 0.940. The highest BCUT2D eigenvalue weighted by molar-refractivity contribution is 5.75. The van der Waals surface area contributed by atoms with Crippen LogP contribution < -0.4 is 5.32 Å². The molecule has 0 bridgehead atoms. The second-order valence-electron chi connectivity index (χ2n) is 5.58. The Morgan fingerprint density at radius 2 is 2.00 bits per heavy atom. The Hall–Kier alpha value is -2.30. The maximum absolute atomic E-state index is 12.1. The molecule has 0 unspecified atom stereocenters. The third-order valence-electron chi connectivity index (χ3n) is 3.97. The van der Waals surface area contributed by atoms with E-state index in [1.165, 1.54) is 5.56 Å². The molecule has 2 heterocycles. The van der Waals surface area contributed by atoms with Crippen molar-refractivity contribution in [2.45, 2.75) is 26.4 Å². The lowest BCUT2D eigenvalue weighted by Gasteiger charge is -2.40. The molecule has 1 N–H and O–H groups in total. The van der Waals surface area contributed by atoms with E-state index in [9.17, 15) is 4.79 Å². The number of hydrogen-bond donors (Lipinski definition) is 1. The summed E-state index contributed by atoms with van der Waals surface area (Å²) in [5.41, 5.74) is 2.35. The molecule has 110 valence electrons. The van der Waals surface area contributed by atoms with Crippen molar-refractivity contribution >= 4 is 6.03 Å². The summed E-state index contributed by atoms with van der Waals surface area (Å²) in [6.45, 7) is 6.11. The summed E-state index contributed by atoms with van der Waals surface area (Å²) in [5, 5.41) is 2.96. The van der Waals surface area contributed by atoms with Gasteiger partial charge in [-0.25, -0.2) is 9.78 Å². The number of aromatic nitrogens is 2. The molecule has 0 aliphatic carbocycles. The Kier molecular flexibility index (Phi) is 3.64. The predicted octanol–water partition coefficient (Wildman–Crippen LogP) is 2.27. The SMILES string of the molecule is Cc1ccc(CNC(=O)N2CC(n3ccnc3C)C2)cc1. The van der Waals surface area contributed by atoms with Crippen LogP contribution >= 0.6 is 0 Å². The summed E-state index contributed by atoms with van der Waals surface area (Å²) in [6.07, 6.45) is 3.77. The number of carbonyl (C=O) groups is 1. The number of benzene rings is 1. The molecule has 0 atom stereocenters. The first kappa shape index (κ1) is 13.7. The van der Waals surface area contributed by atoms with Crippen molar-refractivity contribution in [3.63, 3.8) is 0 Å². The number of amides is 2. The van der Waals surface area contributed by atoms with Crippen LogP contribution in [-0.4, -0.2) is 33.6 Å². The highest BCUT2D eigenvalue weighted by Gasteiger charge is 2.32. The van der Waals surface area contributed by atoms with E-state index in [2.05, 4.69) is 33.9 Å². The lowest BCUT2D eigenvalue weighted by molar-refractivity contribution is 0.123. The molecule has 0 spiro atoms. The average Bonchev–Trinajstić information content (AvgIpc) is 2.83. The van der Waals surface area contributed by atoms with Gasteiger partial charge in [-0.1, -0.05) is 29.8 Å². The Morgan fingerprint density at radius 1 is 1.29 bits per heavy atom. The summed E-state index contributed by atoms with van der Waals surface area (Å²) in [4.78, 5) is 18.1. The lowest BCUT2D eigenvalue weighted by atomic mass is 10.1. The van der Waals surface area contributed by atoms with Crippen molar-refractivity contribution in [2.24, 2.45) is 0 Å². The van der Waals surface area contributed by atoms with E-state index >= 15 is 0 Å². The van der Waals surface area contributed by atoms with Crippen LogP contribution in [0.15, 0.2) is 36.7 Å². The van der Waals surface area contributed by atoms with Gasteiger partial charge in [-0.3, -0.25) is 0 Å². The van der Waals surface area contributed by atoms with Crippen LogP contribution in [0.5, 0.6) is 0 Å². The zero-order valence-electron chi connectivity index (χ0n) is 12.4. The fourth-order valence-corrected chi connectivity index (χ4v) is 2.57. The number of hydrogen-bond acceptors (Lipinski definition) is 2. The van der Waals surface area contributed by atoms with Crippen molar-refractivity contribution in [1.82, 2.24) is 19.8 Å². The van der Waals surface area contributed by atoms with Crippen molar-refractivity contribution in [1.29, 1.82) is 0 Å². The Balaban J connectivity index is 1.47. The summed E-state index contributed by atoms with van der Waals surface area (Å²) < 4.78 is 2.13. The molecule has 1 aliphatic heterocycles. The summed E-state index contributed by atoms with van der Waals surface area (Å²) >= 11 is 0. The zero-order valence-corrected chi connectivity index (χ0v) is 12.4. The number of rotatable bonds is 3. The van der Waals surface area contributed by atoms with Crippen LogP contribution in [0.3, 0.4) is 0 Å². The molecule has 5 heteroatoms. The number of likely N-dealkylation sites (tertiary alicyclic amines) is 1. The van der Waals surface area contributed by atoms with Gasteiger partial charge in [-0.2, -0.15) is 0 Å². The Morgan fingerprint density at radius 3 is 2.62 bits per heavy atom. The van der Waals surface area contributed by atoms with Crippen molar-refractivity contribution < 1.29 is 4.79 Å². The van der Waals surface area contributed by atoms with Gasteiger partial charge in [-0.05, 0) is 19.4 Å². The molecule has 1 aromatic heterocycles. The largest absolute Gasteiger partial charge is 0.334 e. The van der Waals surface area contributed by atoms with E-state index in [-0.39, 0.29) is 6.03 Å². The molecule has 0 saturated carbocycles. The third-order valence-corrected chi connectivity index (χ3v) is 3.97. The van der Waals surface area contributed by atoms with Crippen LogP contribution in [-0.2, 0) is 6.54 Å². The van der Waals surface area contributed by atoms with Gasteiger partial charge < -0.3 is 14.8 Å². The zero-order chi connectivity index (χ0) is 14.8. The van der Waals surface area contributed by atoms with Gasteiger partial charge in [0.15, 0.2) is 0 Å². The fourth-order valence-electron chi connectivity index (χ4n) is 2.57. The van der Waals surface area contributed by atoms with Gasteiger partial charge in [0.25, 0.3) is 0 Å². The number of carbonyl (C=O) groups excluding carboxylic acids is 1. The lowest BCUT2D eigenvalue weighted by Crippen LogP contribution is -2.54. The van der Waals surface area contributed by atoms with Crippen LogP contribution in [0, 0.1) is 13.8 Å². The van der Waals surface area contributed by atoms with Crippen molar-refractivity contribution in [2.75, 3.05) is 13.1 Å². The molecule has 1 saturated heterocycles. The molecule has 1 fully saturated rings. The molecular formula is C16H20N4O. The van der Waals surface area contributed by atoms with Gasteiger partial charge in [0, 0.05) is 32.0 Å². The third kappa shape index (κ3) is 2.91. The second-order valence-corrected chi connectivity index (χ2v) is 5.58. The van der Waals surface area contributed by atoms with E-state index in [0.29, 0.717) is 12.6 Å². The number of urea groups is 1. The number of imidazole rings is 1. The van der Waals surface area contributed by atoms with Gasteiger partial charge in [0.1, 0.15) is 5.82 Å². The van der Waals surface area contributed by atoms with Crippen molar-refractivity contribution in [3.8, 4) is 0 Å². The molecule has 2 aromatic rings. The topological polar surface area (TPSA) is 50.2 Å². The number of nitrogens with zero attached hydrogens (tertiary/aromatic N) is 3. The van der Waals surface area contributed by atoms with E-state index in [1.54, 1.807) is 6.20 Å². The van der Waals surface area contributed by atoms with Crippen LogP contribution in [0.2, 0.25) is 0 Å². The maximum Gasteiger partial charge on any atom is 0.317 e. The minimum Gasteiger partial charge on any atom is -0.334 e. The molecule has 0 radical (unpaired) electrons. The van der Waals surface area contributed by atoms with Gasteiger partial charge in [0.2, 0.25) is 0 Å². The summed E-state index contributed by atoms with van der Waals surface area (Å²) in [5.74, 6) is 1.000. The highest BCUT2D eigenvalue weighted by atomic mass is 16.2. The Bertz CT molecular complexity index is 626. The first-order valence-electron chi connectivity index (χ1n) is 7.21. The standard InChI is InChI=1S/C16H20N4O/c1-12-3-5-14(6-4-12)9-18-16(21)19-10-15(11-19)20-8-7-17-13(20)2/h3-8,15H,9-11H2,1-2H3,(H,18,21). The Labute approximate surface area is 124 Å². The van der Waals surface area contributed by atoms with Crippen LogP contribution in [0.25, 0.3) is 0 Å². The molecule has 5 nitrogen and oxygen atoms in total. The second kappa shape index (κ2) is 5.60. The van der Waals surface area contributed by atoms with E-state index in [4.69, 9.17) is 0 Å². The molecule has 21 heavy (non-hydrogen) atoms. The normalized spacial score (nSPS) is 14.9. The summed E-state index contributed by atoms with van der Waals surface area (Å²) in [7, 11) is 0. The number of aryl methyl sites for hydroxylation is 2.